The first-order valence-corrected chi connectivity index (χ1v) is 7.18. The Morgan fingerprint density at radius 2 is 2.00 bits per heavy atom. The van der Waals surface area contributed by atoms with Gasteiger partial charge in [-0.1, -0.05) is 37.3 Å². The van der Waals surface area contributed by atoms with Gasteiger partial charge in [-0.25, -0.2) is 0 Å². The van der Waals surface area contributed by atoms with Crippen LogP contribution in [-0.4, -0.2) is 48.2 Å². The molecule has 0 aromatic heterocycles. The van der Waals surface area contributed by atoms with Crippen molar-refractivity contribution in [2.24, 2.45) is 5.92 Å². The lowest BCUT2D eigenvalue weighted by Gasteiger charge is -2.30. The fraction of sp³-hybridized carbons (Fsp3) is 0.500. The maximum Gasteiger partial charge on any atom is 0.311 e. The zero-order chi connectivity index (χ0) is 15.4. The molecule has 1 aliphatic heterocycles. The van der Waals surface area contributed by atoms with Gasteiger partial charge in [0.1, 0.15) is 5.92 Å². The minimum Gasteiger partial charge on any atom is -0.481 e. The highest BCUT2D eigenvalue weighted by Gasteiger charge is 2.39. The topological polar surface area (TPSA) is 66.8 Å². The Bertz CT molecular complexity index is 502. The molecular weight excluding hydrogens is 270 g/mol. The fourth-order valence-electron chi connectivity index (χ4n) is 2.81. The average Bonchev–Trinajstić information content (AvgIpc) is 2.98. The van der Waals surface area contributed by atoms with Crippen molar-refractivity contribution in [3.63, 3.8) is 0 Å². The Balaban J connectivity index is 2.16. The van der Waals surface area contributed by atoms with Gasteiger partial charge in [-0.05, 0) is 12.0 Å². The van der Waals surface area contributed by atoms with Crippen LogP contribution in [0.5, 0.6) is 0 Å². The van der Waals surface area contributed by atoms with E-state index in [1.807, 2.05) is 37.3 Å². The van der Waals surface area contributed by atoms with E-state index < -0.39 is 17.9 Å². The van der Waals surface area contributed by atoms with Gasteiger partial charge in [0, 0.05) is 7.05 Å². The molecule has 0 radical (unpaired) electrons. The number of likely N-dealkylation sites (N-methyl/N-ethyl adjacent to an activating group) is 1. The first-order chi connectivity index (χ1) is 10.1. The third-order valence-electron chi connectivity index (χ3n) is 4.12. The number of nitrogens with zero attached hydrogens (tertiary/aromatic N) is 1. The third-order valence-corrected chi connectivity index (χ3v) is 4.12. The molecule has 0 spiro atoms. The fourth-order valence-corrected chi connectivity index (χ4v) is 2.81. The van der Waals surface area contributed by atoms with E-state index in [1.54, 1.807) is 11.9 Å². The van der Waals surface area contributed by atoms with Crippen molar-refractivity contribution in [3.8, 4) is 0 Å². The molecule has 114 valence electrons. The Kier molecular flexibility index (Phi) is 4.96. The van der Waals surface area contributed by atoms with Gasteiger partial charge in [-0.2, -0.15) is 0 Å². The van der Waals surface area contributed by atoms with Crippen LogP contribution in [0.25, 0.3) is 0 Å². The average molecular weight is 291 g/mol. The summed E-state index contributed by atoms with van der Waals surface area (Å²) >= 11 is 0. The lowest BCUT2D eigenvalue weighted by Crippen LogP contribution is -2.45. The van der Waals surface area contributed by atoms with Crippen LogP contribution in [0.1, 0.15) is 24.8 Å². The molecule has 1 amide bonds. The number of hydrogen-bond donors (Lipinski definition) is 1. The molecule has 1 aliphatic rings. The molecule has 21 heavy (non-hydrogen) atoms. The lowest BCUT2D eigenvalue weighted by atomic mass is 9.93. The standard InChI is InChI=1S/C16H21NO4/c1-3-12(11-7-5-4-6-8-11)15(18)17(2)14-10-21-9-13(14)16(19)20/h4-8,12-14H,3,9-10H2,1-2H3,(H,19,20). The monoisotopic (exact) mass is 291 g/mol. The molecule has 1 fully saturated rings. The van der Waals surface area contributed by atoms with Crippen LogP contribution in [-0.2, 0) is 14.3 Å². The first-order valence-electron chi connectivity index (χ1n) is 7.18. The number of benzene rings is 1. The van der Waals surface area contributed by atoms with E-state index in [0.29, 0.717) is 6.42 Å². The van der Waals surface area contributed by atoms with Gasteiger partial charge >= 0.3 is 5.97 Å². The summed E-state index contributed by atoms with van der Waals surface area (Å²) < 4.78 is 5.25. The maximum absolute atomic E-state index is 12.7. The second kappa shape index (κ2) is 6.72. The van der Waals surface area contributed by atoms with Gasteiger partial charge in [0.25, 0.3) is 0 Å². The molecule has 1 heterocycles. The van der Waals surface area contributed by atoms with E-state index in [2.05, 4.69) is 0 Å². The van der Waals surface area contributed by atoms with Crippen molar-refractivity contribution in [2.75, 3.05) is 20.3 Å². The molecule has 0 saturated carbocycles. The number of hydrogen-bond acceptors (Lipinski definition) is 3. The predicted octanol–water partition coefficient (Wildman–Crippen LogP) is 1.74. The summed E-state index contributed by atoms with van der Waals surface area (Å²) in [6, 6.07) is 9.19. The van der Waals surface area contributed by atoms with Crippen molar-refractivity contribution in [1.29, 1.82) is 0 Å². The molecule has 3 unspecified atom stereocenters. The van der Waals surface area contributed by atoms with E-state index in [-0.39, 0.29) is 25.0 Å². The lowest BCUT2D eigenvalue weighted by molar-refractivity contribution is -0.144. The Hall–Kier alpha value is -1.88. The van der Waals surface area contributed by atoms with Gasteiger partial charge in [0.2, 0.25) is 5.91 Å². The van der Waals surface area contributed by atoms with E-state index in [0.717, 1.165) is 5.56 Å². The summed E-state index contributed by atoms with van der Waals surface area (Å²) in [5, 5.41) is 9.21. The highest BCUT2D eigenvalue weighted by Crippen LogP contribution is 2.26. The van der Waals surface area contributed by atoms with Gasteiger partial charge in [0.15, 0.2) is 0 Å². The van der Waals surface area contributed by atoms with Gasteiger partial charge in [-0.15, -0.1) is 0 Å². The normalized spacial score (nSPS) is 22.8. The van der Waals surface area contributed by atoms with Crippen molar-refractivity contribution in [3.05, 3.63) is 35.9 Å². The highest BCUT2D eigenvalue weighted by atomic mass is 16.5. The first kappa shape index (κ1) is 15.5. The van der Waals surface area contributed by atoms with Crippen LogP contribution in [0.15, 0.2) is 30.3 Å². The second-order valence-electron chi connectivity index (χ2n) is 5.37. The summed E-state index contributed by atoms with van der Waals surface area (Å²) in [7, 11) is 1.67. The summed E-state index contributed by atoms with van der Waals surface area (Å²) in [5.74, 6) is -1.85. The minimum atomic E-state index is -0.912. The SMILES string of the molecule is CCC(C(=O)N(C)C1COCC1C(=O)O)c1ccccc1. The Labute approximate surface area is 124 Å². The van der Waals surface area contributed by atoms with Crippen molar-refractivity contribution in [2.45, 2.75) is 25.3 Å². The van der Waals surface area contributed by atoms with Crippen LogP contribution in [0, 0.1) is 5.92 Å². The van der Waals surface area contributed by atoms with E-state index in [9.17, 15) is 14.7 Å². The second-order valence-corrected chi connectivity index (χ2v) is 5.37. The largest absolute Gasteiger partial charge is 0.481 e. The predicted molar refractivity (Wildman–Crippen MR) is 78.0 cm³/mol. The Morgan fingerprint density at radius 3 is 2.57 bits per heavy atom. The number of aliphatic carboxylic acids is 1. The van der Waals surface area contributed by atoms with E-state index in [4.69, 9.17) is 4.74 Å². The van der Waals surface area contributed by atoms with Crippen LogP contribution >= 0.6 is 0 Å². The zero-order valence-electron chi connectivity index (χ0n) is 12.4. The molecule has 1 saturated heterocycles. The summed E-state index contributed by atoms with van der Waals surface area (Å²) in [4.78, 5) is 25.5. The molecule has 5 heteroatoms. The molecule has 0 aliphatic carbocycles. The summed E-state index contributed by atoms with van der Waals surface area (Å²) in [6.45, 7) is 2.41. The van der Waals surface area contributed by atoms with Crippen molar-refractivity contribution < 1.29 is 19.4 Å². The van der Waals surface area contributed by atoms with Crippen molar-refractivity contribution >= 4 is 11.9 Å². The van der Waals surface area contributed by atoms with Gasteiger partial charge in [0.05, 0.1) is 25.2 Å². The molecule has 5 nitrogen and oxygen atoms in total. The summed E-state index contributed by atoms with van der Waals surface area (Å²) in [5.41, 5.74) is 0.961. The van der Waals surface area contributed by atoms with Crippen LogP contribution < -0.4 is 0 Å². The molecule has 0 bridgehead atoms. The number of carboxylic acid groups (broad SMARTS) is 1. The van der Waals surface area contributed by atoms with Crippen LogP contribution in [0.3, 0.4) is 0 Å². The number of amides is 1. The molecule has 1 aromatic carbocycles. The van der Waals surface area contributed by atoms with Crippen molar-refractivity contribution in [1.82, 2.24) is 4.90 Å². The molecule has 2 rings (SSSR count). The minimum absolute atomic E-state index is 0.0505. The smallest absolute Gasteiger partial charge is 0.311 e. The van der Waals surface area contributed by atoms with E-state index in [1.165, 1.54) is 0 Å². The third kappa shape index (κ3) is 3.24. The zero-order valence-corrected chi connectivity index (χ0v) is 12.4. The molecular formula is C16H21NO4. The van der Waals surface area contributed by atoms with Crippen LogP contribution in [0.2, 0.25) is 0 Å². The van der Waals surface area contributed by atoms with E-state index >= 15 is 0 Å². The number of ether oxygens (including phenoxy) is 1. The number of rotatable bonds is 5. The van der Waals surface area contributed by atoms with Crippen LogP contribution in [0.4, 0.5) is 0 Å². The molecule has 1 N–H and O–H groups in total. The highest BCUT2D eigenvalue weighted by molar-refractivity contribution is 5.84. The Morgan fingerprint density at radius 1 is 1.33 bits per heavy atom. The molecule has 1 aromatic rings. The van der Waals surface area contributed by atoms with Gasteiger partial charge in [-0.3, -0.25) is 9.59 Å². The number of carboxylic acids is 1. The number of carbonyl (C=O) groups is 2. The summed E-state index contributed by atoms with van der Waals surface area (Å²) in [6.07, 6.45) is 0.679. The number of carbonyl (C=O) groups excluding carboxylic acids is 1. The van der Waals surface area contributed by atoms with Gasteiger partial charge < -0.3 is 14.7 Å². The molecule has 3 atom stereocenters. The maximum atomic E-state index is 12.7. The quantitative estimate of drug-likeness (QED) is 0.897.